The van der Waals surface area contributed by atoms with Crippen molar-refractivity contribution >= 4 is 5.97 Å². The van der Waals surface area contributed by atoms with Gasteiger partial charge in [0.25, 0.3) is 0 Å². The molecular formula is C16H13NO4. The maximum absolute atomic E-state index is 10.7. The topological polar surface area (TPSA) is 79.5 Å². The number of hydrogen-bond acceptors (Lipinski definition) is 4. The van der Waals surface area contributed by atoms with Crippen molar-refractivity contribution in [2.24, 2.45) is 0 Å². The number of aliphatic carboxylic acids is 1. The van der Waals surface area contributed by atoms with Crippen molar-refractivity contribution in [2.45, 2.75) is 13.0 Å². The molecule has 0 spiro atoms. The molecule has 0 heterocycles. The van der Waals surface area contributed by atoms with Gasteiger partial charge >= 0.3 is 5.97 Å². The van der Waals surface area contributed by atoms with Gasteiger partial charge in [0.15, 0.2) is 6.10 Å². The molecule has 0 aromatic heterocycles. The number of hydrogen-bond donors (Lipinski definition) is 1. The number of nitrogens with zero attached hydrogens (tertiary/aromatic N) is 1. The van der Waals surface area contributed by atoms with Crippen molar-refractivity contribution < 1.29 is 19.4 Å². The van der Waals surface area contributed by atoms with Gasteiger partial charge in [0.05, 0.1) is 11.6 Å². The van der Waals surface area contributed by atoms with Crippen molar-refractivity contribution in [2.75, 3.05) is 0 Å². The van der Waals surface area contributed by atoms with Crippen molar-refractivity contribution in [1.82, 2.24) is 0 Å². The van der Waals surface area contributed by atoms with Gasteiger partial charge in [-0.25, -0.2) is 4.79 Å². The van der Waals surface area contributed by atoms with Gasteiger partial charge in [-0.2, -0.15) is 5.26 Å². The van der Waals surface area contributed by atoms with Crippen LogP contribution in [0.15, 0.2) is 48.5 Å². The number of nitriles is 1. The van der Waals surface area contributed by atoms with Gasteiger partial charge in [-0.15, -0.1) is 0 Å². The van der Waals surface area contributed by atoms with Crippen LogP contribution in [0.2, 0.25) is 0 Å². The van der Waals surface area contributed by atoms with E-state index in [1.54, 1.807) is 48.5 Å². The van der Waals surface area contributed by atoms with Gasteiger partial charge in [0.1, 0.15) is 17.2 Å². The quantitative estimate of drug-likeness (QED) is 0.911. The first-order chi connectivity index (χ1) is 10.1. The molecule has 0 saturated carbocycles. The van der Waals surface area contributed by atoms with Crippen LogP contribution >= 0.6 is 0 Å². The minimum atomic E-state index is -1.02. The van der Waals surface area contributed by atoms with E-state index in [0.29, 0.717) is 22.8 Å². The molecule has 1 N–H and O–H groups in total. The maximum atomic E-state index is 10.7. The lowest BCUT2D eigenvalue weighted by molar-refractivity contribution is -0.144. The van der Waals surface area contributed by atoms with Crippen molar-refractivity contribution in [3.05, 3.63) is 54.1 Å². The van der Waals surface area contributed by atoms with E-state index in [1.165, 1.54) is 6.92 Å². The zero-order valence-electron chi connectivity index (χ0n) is 11.3. The molecule has 0 radical (unpaired) electrons. The third kappa shape index (κ3) is 3.98. The summed E-state index contributed by atoms with van der Waals surface area (Å²) in [5.74, 6) is 0.640. The van der Waals surface area contributed by atoms with Gasteiger partial charge < -0.3 is 14.6 Å². The molecule has 2 aromatic carbocycles. The summed E-state index contributed by atoms with van der Waals surface area (Å²) in [6.45, 7) is 1.46. The zero-order chi connectivity index (χ0) is 15.2. The Morgan fingerprint density at radius 3 is 2.00 bits per heavy atom. The normalized spacial score (nSPS) is 11.2. The van der Waals surface area contributed by atoms with Gasteiger partial charge in [0, 0.05) is 0 Å². The second-order valence-corrected chi connectivity index (χ2v) is 4.31. The van der Waals surface area contributed by atoms with E-state index in [9.17, 15) is 4.79 Å². The van der Waals surface area contributed by atoms with Crippen LogP contribution < -0.4 is 9.47 Å². The molecule has 5 nitrogen and oxygen atoms in total. The van der Waals surface area contributed by atoms with Gasteiger partial charge in [-0.1, -0.05) is 0 Å². The van der Waals surface area contributed by atoms with Gasteiger partial charge in [-0.05, 0) is 55.5 Å². The third-order valence-electron chi connectivity index (χ3n) is 2.70. The summed E-state index contributed by atoms with van der Waals surface area (Å²) >= 11 is 0. The number of benzene rings is 2. The molecule has 0 bridgehead atoms. The molecule has 0 fully saturated rings. The van der Waals surface area contributed by atoms with E-state index < -0.39 is 12.1 Å². The molecule has 1 atom stereocenters. The van der Waals surface area contributed by atoms with E-state index >= 15 is 0 Å². The number of carboxylic acid groups (broad SMARTS) is 1. The Kier molecular flexibility index (Phi) is 4.42. The molecule has 5 heteroatoms. The second-order valence-electron chi connectivity index (χ2n) is 4.31. The Hall–Kier alpha value is -3.00. The SMILES string of the molecule is CC(Oc1ccc(Oc2ccc(C#N)cc2)cc1)C(=O)O. The minimum absolute atomic E-state index is 0.456. The molecule has 0 aliphatic rings. The summed E-state index contributed by atoms with van der Waals surface area (Å²) < 4.78 is 10.8. The molecular weight excluding hydrogens is 270 g/mol. The molecule has 21 heavy (non-hydrogen) atoms. The fraction of sp³-hybridized carbons (Fsp3) is 0.125. The summed E-state index contributed by atoms with van der Waals surface area (Å²) in [6, 6.07) is 15.4. The van der Waals surface area contributed by atoms with Crippen LogP contribution in [0.3, 0.4) is 0 Å². The Labute approximate surface area is 122 Å². The average Bonchev–Trinajstić information content (AvgIpc) is 2.50. The smallest absolute Gasteiger partial charge is 0.344 e. The van der Waals surface area contributed by atoms with Crippen LogP contribution in [-0.2, 0) is 4.79 Å². The number of ether oxygens (including phenoxy) is 2. The van der Waals surface area contributed by atoms with Gasteiger partial charge in [0.2, 0.25) is 0 Å². The largest absolute Gasteiger partial charge is 0.479 e. The zero-order valence-corrected chi connectivity index (χ0v) is 11.3. The monoisotopic (exact) mass is 283 g/mol. The summed E-state index contributed by atoms with van der Waals surface area (Å²) in [6.07, 6.45) is -0.907. The van der Waals surface area contributed by atoms with E-state index in [0.717, 1.165) is 0 Å². The summed E-state index contributed by atoms with van der Waals surface area (Å²) in [5, 5.41) is 17.5. The molecule has 2 aromatic rings. The predicted molar refractivity (Wildman–Crippen MR) is 75.4 cm³/mol. The van der Waals surface area contributed by atoms with Crippen LogP contribution in [0, 0.1) is 11.3 Å². The van der Waals surface area contributed by atoms with Crippen molar-refractivity contribution in [3.63, 3.8) is 0 Å². The lowest BCUT2D eigenvalue weighted by atomic mass is 10.2. The highest BCUT2D eigenvalue weighted by molar-refractivity contribution is 5.72. The highest BCUT2D eigenvalue weighted by Crippen LogP contribution is 2.24. The van der Waals surface area contributed by atoms with Crippen LogP contribution in [0.4, 0.5) is 0 Å². The van der Waals surface area contributed by atoms with Crippen molar-refractivity contribution in [1.29, 1.82) is 5.26 Å². The predicted octanol–water partition coefficient (Wildman–Crippen LogP) is 3.20. The first kappa shape index (κ1) is 14.4. The third-order valence-corrected chi connectivity index (χ3v) is 2.70. The van der Waals surface area contributed by atoms with Crippen LogP contribution in [-0.4, -0.2) is 17.2 Å². The summed E-state index contributed by atoms with van der Waals surface area (Å²) in [7, 11) is 0. The molecule has 0 saturated heterocycles. The first-order valence-electron chi connectivity index (χ1n) is 6.26. The highest BCUT2D eigenvalue weighted by Gasteiger charge is 2.12. The Morgan fingerprint density at radius 2 is 1.52 bits per heavy atom. The molecule has 2 rings (SSSR count). The molecule has 1 unspecified atom stereocenters. The molecule has 0 amide bonds. The molecule has 0 aliphatic heterocycles. The summed E-state index contributed by atoms with van der Waals surface area (Å²) in [5.41, 5.74) is 0.564. The van der Waals surface area contributed by atoms with E-state index in [2.05, 4.69) is 0 Å². The second kappa shape index (κ2) is 6.44. The fourth-order valence-electron chi connectivity index (χ4n) is 1.57. The lowest BCUT2D eigenvalue weighted by Gasteiger charge is -2.11. The van der Waals surface area contributed by atoms with E-state index in [4.69, 9.17) is 19.8 Å². The Bertz CT molecular complexity index is 656. The van der Waals surface area contributed by atoms with Gasteiger partial charge in [-0.3, -0.25) is 0 Å². The highest BCUT2D eigenvalue weighted by atomic mass is 16.5. The Morgan fingerprint density at radius 1 is 1.05 bits per heavy atom. The van der Waals surface area contributed by atoms with Crippen LogP contribution in [0.5, 0.6) is 17.2 Å². The Balaban J connectivity index is 2.01. The fourth-order valence-corrected chi connectivity index (χ4v) is 1.57. The van der Waals surface area contributed by atoms with E-state index in [-0.39, 0.29) is 0 Å². The van der Waals surface area contributed by atoms with Crippen molar-refractivity contribution in [3.8, 4) is 23.3 Å². The minimum Gasteiger partial charge on any atom is -0.479 e. The van der Waals surface area contributed by atoms with Crippen LogP contribution in [0.25, 0.3) is 0 Å². The number of rotatable bonds is 5. The first-order valence-corrected chi connectivity index (χ1v) is 6.26. The summed E-state index contributed by atoms with van der Waals surface area (Å²) in [4.78, 5) is 10.7. The average molecular weight is 283 g/mol. The number of carboxylic acids is 1. The number of carbonyl (C=O) groups is 1. The maximum Gasteiger partial charge on any atom is 0.344 e. The van der Waals surface area contributed by atoms with E-state index in [1.807, 2.05) is 6.07 Å². The van der Waals surface area contributed by atoms with Crippen LogP contribution in [0.1, 0.15) is 12.5 Å². The standard InChI is InChI=1S/C16H13NO4/c1-11(16(18)19)20-13-6-8-15(9-7-13)21-14-4-2-12(10-17)3-5-14/h2-9,11H,1H3,(H,18,19). The lowest BCUT2D eigenvalue weighted by Crippen LogP contribution is -2.22. The molecule has 106 valence electrons. The molecule has 0 aliphatic carbocycles.